The van der Waals surface area contributed by atoms with Crippen molar-refractivity contribution >= 4 is 28.1 Å². The molecule has 130 valence electrons. The molecule has 1 heterocycles. The van der Waals surface area contributed by atoms with Crippen molar-refractivity contribution in [2.45, 2.75) is 0 Å². The Morgan fingerprint density at radius 2 is 1.11 bits per heavy atom. The number of para-hydroxylation sites is 1. The van der Waals surface area contributed by atoms with Gasteiger partial charge in [-0.05, 0) is 35.4 Å². The van der Waals surface area contributed by atoms with Gasteiger partial charge in [0.2, 0.25) is 0 Å². The molecule has 27 heavy (non-hydrogen) atoms. The molecule has 0 radical (unpaired) electrons. The van der Waals surface area contributed by atoms with E-state index in [4.69, 9.17) is 0 Å². The van der Waals surface area contributed by atoms with Crippen molar-refractivity contribution < 1.29 is 4.79 Å². The maximum Gasteiger partial charge on any atom is 0.150 e. The summed E-state index contributed by atoms with van der Waals surface area (Å²) in [6, 6.07) is 34.6. The van der Waals surface area contributed by atoms with E-state index >= 15 is 0 Å². The van der Waals surface area contributed by atoms with E-state index < -0.39 is 0 Å². The number of carbonyl (C=O) groups excluding carboxylic acids is 1. The van der Waals surface area contributed by atoms with E-state index in [1.165, 1.54) is 11.1 Å². The van der Waals surface area contributed by atoms with Gasteiger partial charge in [0.25, 0.3) is 0 Å². The van der Waals surface area contributed by atoms with Crippen molar-refractivity contribution in [3.63, 3.8) is 0 Å². The van der Waals surface area contributed by atoms with Gasteiger partial charge in [0.05, 0.1) is 0 Å². The lowest BCUT2D eigenvalue weighted by atomic mass is 10.1. The Morgan fingerprint density at radius 1 is 0.556 bits per heavy atom. The molecular formula is C25H19NO. The highest BCUT2D eigenvalue weighted by molar-refractivity contribution is 6.08. The number of hydrogen-bond acceptors (Lipinski definition) is 1. The third-order valence-corrected chi connectivity index (χ3v) is 4.55. The Hall–Kier alpha value is -3.65. The lowest BCUT2D eigenvalue weighted by molar-refractivity contribution is 0.112. The largest absolute Gasteiger partial charge is 0.355 e. The summed E-state index contributed by atoms with van der Waals surface area (Å²) in [5.74, 6) is 0. The van der Waals surface area contributed by atoms with Crippen LogP contribution in [0.2, 0.25) is 0 Å². The first-order chi connectivity index (χ1) is 13.3. The van der Waals surface area contributed by atoms with Crippen molar-refractivity contribution in [2.24, 2.45) is 0 Å². The molecule has 0 spiro atoms. The molecule has 2 nitrogen and oxygen atoms in total. The summed E-state index contributed by atoms with van der Waals surface area (Å²) >= 11 is 0. The summed E-state index contributed by atoms with van der Waals surface area (Å²) < 4.78 is 0. The molecule has 0 aliphatic heterocycles. The summed E-state index contributed by atoms with van der Waals surface area (Å²) in [5.41, 5.74) is 5.45. The summed E-state index contributed by atoms with van der Waals surface area (Å²) in [7, 11) is 0. The van der Waals surface area contributed by atoms with E-state index in [1.807, 2.05) is 48.5 Å². The van der Waals surface area contributed by atoms with Crippen LogP contribution in [-0.2, 0) is 0 Å². The lowest BCUT2D eigenvalue weighted by Gasteiger charge is -1.98. The second-order valence-corrected chi connectivity index (χ2v) is 6.33. The average molecular weight is 349 g/mol. The Labute approximate surface area is 158 Å². The predicted molar refractivity (Wildman–Crippen MR) is 113 cm³/mol. The molecule has 0 bridgehead atoms. The molecule has 0 aliphatic carbocycles. The van der Waals surface area contributed by atoms with Gasteiger partial charge in [-0.2, -0.15) is 0 Å². The number of aldehydes is 1. The monoisotopic (exact) mass is 349 g/mol. The standard InChI is InChI=1S/C13H9NO.C12H10/c15-8-9-5-6-13-11(7-9)10-3-1-2-4-12(10)14-13;1-3-7-11(8-4-1)12-9-5-2-6-10-12/h1-8,14H;1-10H. The smallest absolute Gasteiger partial charge is 0.150 e. The maximum absolute atomic E-state index is 10.7. The third-order valence-electron chi connectivity index (χ3n) is 4.55. The van der Waals surface area contributed by atoms with Crippen LogP contribution in [0.4, 0.5) is 0 Å². The minimum Gasteiger partial charge on any atom is -0.355 e. The van der Waals surface area contributed by atoms with E-state index in [0.29, 0.717) is 5.56 Å². The summed E-state index contributed by atoms with van der Waals surface area (Å²) in [6.45, 7) is 0. The number of rotatable bonds is 2. The highest BCUT2D eigenvalue weighted by Crippen LogP contribution is 2.25. The molecule has 0 unspecified atom stereocenters. The van der Waals surface area contributed by atoms with Crippen LogP contribution in [0.25, 0.3) is 32.9 Å². The molecule has 5 aromatic rings. The molecule has 5 rings (SSSR count). The fourth-order valence-electron chi connectivity index (χ4n) is 3.20. The molecule has 1 N–H and O–H groups in total. The zero-order chi connectivity index (χ0) is 18.5. The van der Waals surface area contributed by atoms with Gasteiger partial charge < -0.3 is 4.98 Å². The van der Waals surface area contributed by atoms with Gasteiger partial charge in [-0.15, -0.1) is 0 Å². The fourth-order valence-corrected chi connectivity index (χ4v) is 3.20. The van der Waals surface area contributed by atoms with Gasteiger partial charge in [-0.1, -0.05) is 78.9 Å². The first-order valence-corrected chi connectivity index (χ1v) is 8.91. The minimum atomic E-state index is 0.715. The number of nitrogens with one attached hydrogen (secondary N) is 1. The Balaban J connectivity index is 0.000000137. The zero-order valence-electron chi connectivity index (χ0n) is 14.8. The fraction of sp³-hybridized carbons (Fsp3) is 0. The Morgan fingerprint density at radius 3 is 1.74 bits per heavy atom. The van der Waals surface area contributed by atoms with E-state index in [-0.39, 0.29) is 0 Å². The van der Waals surface area contributed by atoms with E-state index in [9.17, 15) is 4.79 Å². The van der Waals surface area contributed by atoms with Crippen molar-refractivity contribution in [3.8, 4) is 11.1 Å². The van der Waals surface area contributed by atoms with Gasteiger partial charge in [-0.25, -0.2) is 0 Å². The Kier molecular flexibility index (Phi) is 4.80. The third kappa shape index (κ3) is 3.65. The van der Waals surface area contributed by atoms with Gasteiger partial charge in [0, 0.05) is 27.4 Å². The predicted octanol–water partition coefficient (Wildman–Crippen LogP) is 6.49. The number of aromatic amines is 1. The lowest BCUT2D eigenvalue weighted by Crippen LogP contribution is -1.77. The van der Waals surface area contributed by atoms with Crippen LogP contribution in [0.1, 0.15) is 10.4 Å². The molecule has 4 aromatic carbocycles. The Bertz CT molecular complexity index is 1140. The summed E-state index contributed by atoms with van der Waals surface area (Å²) in [5, 5.41) is 2.27. The number of H-pyrrole nitrogens is 1. The molecule has 0 aliphatic rings. The van der Waals surface area contributed by atoms with Crippen LogP contribution in [0.5, 0.6) is 0 Å². The molecule has 2 heteroatoms. The van der Waals surface area contributed by atoms with Crippen molar-refractivity contribution in [1.82, 2.24) is 4.98 Å². The molecule has 0 atom stereocenters. The second kappa shape index (κ2) is 7.71. The van der Waals surface area contributed by atoms with Crippen LogP contribution in [0.15, 0.2) is 103 Å². The number of hydrogen-bond donors (Lipinski definition) is 1. The van der Waals surface area contributed by atoms with Gasteiger partial charge in [-0.3, -0.25) is 4.79 Å². The topological polar surface area (TPSA) is 32.9 Å². The number of fused-ring (bicyclic) bond motifs is 3. The van der Waals surface area contributed by atoms with Crippen LogP contribution < -0.4 is 0 Å². The number of aromatic nitrogens is 1. The minimum absolute atomic E-state index is 0.715. The van der Waals surface area contributed by atoms with E-state index in [0.717, 1.165) is 28.1 Å². The van der Waals surface area contributed by atoms with Gasteiger partial charge in [0.1, 0.15) is 6.29 Å². The normalized spacial score (nSPS) is 10.4. The molecule has 0 fully saturated rings. The molecule has 0 saturated heterocycles. The first kappa shape index (κ1) is 16.8. The summed E-state index contributed by atoms with van der Waals surface area (Å²) in [6.07, 6.45) is 0.876. The van der Waals surface area contributed by atoms with Crippen LogP contribution in [-0.4, -0.2) is 11.3 Å². The molecule has 1 aromatic heterocycles. The van der Waals surface area contributed by atoms with E-state index in [1.54, 1.807) is 0 Å². The number of carbonyl (C=O) groups is 1. The van der Waals surface area contributed by atoms with Gasteiger partial charge in [0.15, 0.2) is 0 Å². The van der Waals surface area contributed by atoms with Crippen molar-refractivity contribution in [1.29, 1.82) is 0 Å². The van der Waals surface area contributed by atoms with Crippen LogP contribution >= 0.6 is 0 Å². The van der Waals surface area contributed by atoms with Crippen molar-refractivity contribution in [2.75, 3.05) is 0 Å². The average Bonchev–Trinajstić information content (AvgIpc) is 3.13. The molecule has 0 amide bonds. The van der Waals surface area contributed by atoms with E-state index in [2.05, 4.69) is 59.6 Å². The van der Waals surface area contributed by atoms with Crippen molar-refractivity contribution in [3.05, 3.63) is 109 Å². The second-order valence-electron chi connectivity index (χ2n) is 6.33. The van der Waals surface area contributed by atoms with Crippen LogP contribution in [0.3, 0.4) is 0 Å². The molecular weight excluding hydrogens is 330 g/mol. The summed E-state index contributed by atoms with van der Waals surface area (Å²) in [4.78, 5) is 14.0. The highest BCUT2D eigenvalue weighted by Gasteiger charge is 2.03. The van der Waals surface area contributed by atoms with Crippen LogP contribution in [0, 0.1) is 0 Å². The molecule has 0 saturated carbocycles. The quantitative estimate of drug-likeness (QED) is 0.363. The SMILES string of the molecule is O=Cc1ccc2[nH]c3ccccc3c2c1.c1ccc(-c2ccccc2)cc1. The highest BCUT2D eigenvalue weighted by atomic mass is 16.1. The first-order valence-electron chi connectivity index (χ1n) is 8.91. The maximum atomic E-state index is 10.7. The van der Waals surface area contributed by atoms with Gasteiger partial charge >= 0.3 is 0 Å². The number of benzene rings is 4. The zero-order valence-corrected chi connectivity index (χ0v) is 14.8.